The summed E-state index contributed by atoms with van der Waals surface area (Å²) in [6.45, 7) is 3.44. The average Bonchev–Trinajstić information content (AvgIpc) is 2.60. The van der Waals surface area contributed by atoms with Gasteiger partial charge in [0.2, 0.25) is 0 Å². The number of hydrogen-bond donors (Lipinski definition) is 0. The van der Waals surface area contributed by atoms with E-state index in [9.17, 15) is 9.59 Å². The quantitative estimate of drug-likeness (QED) is 0.688. The van der Waals surface area contributed by atoms with Crippen molar-refractivity contribution in [1.82, 2.24) is 0 Å². The first kappa shape index (κ1) is 18.7. The molecule has 0 spiro atoms. The number of aryl methyl sites for hydroxylation is 2. The number of Topliss-reactive ketones (excluding diaryl/α,β-unsaturated/α-hetero) is 2. The molecular weight excluding hydrogens is 320 g/mol. The van der Waals surface area contributed by atoms with Crippen molar-refractivity contribution in [3.8, 4) is 11.5 Å². The van der Waals surface area contributed by atoms with Crippen LogP contribution >= 0.6 is 0 Å². The molecule has 5 nitrogen and oxygen atoms in total. The van der Waals surface area contributed by atoms with Crippen LogP contribution in [0, 0.1) is 13.8 Å². The smallest absolute Gasteiger partial charge is 0.192 e. The molecule has 0 aliphatic heterocycles. The molecule has 0 amide bonds. The number of ether oxygens (including phenoxy) is 3. The van der Waals surface area contributed by atoms with Crippen LogP contribution < -0.4 is 9.47 Å². The fraction of sp³-hybridized carbons (Fsp3) is 0.300. The zero-order chi connectivity index (χ0) is 18.4. The van der Waals surface area contributed by atoms with Gasteiger partial charge in [0, 0.05) is 0 Å². The lowest BCUT2D eigenvalue weighted by molar-refractivity contribution is 0.0669. The highest BCUT2D eigenvalue weighted by atomic mass is 16.5. The maximum atomic E-state index is 12.3. The van der Waals surface area contributed by atoms with Crippen LogP contribution in [0.15, 0.2) is 36.4 Å². The summed E-state index contributed by atoms with van der Waals surface area (Å²) in [6.07, 6.45) is 0. The Bertz CT molecular complexity index is 714. The third kappa shape index (κ3) is 4.67. The minimum absolute atomic E-state index is 0.195. The highest BCUT2D eigenvalue weighted by molar-refractivity contribution is 6.01. The third-order valence-electron chi connectivity index (χ3n) is 3.78. The van der Waals surface area contributed by atoms with Crippen molar-refractivity contribution in [1.29, 1.82) is 0 Å². The van der Waals surface area contributed by atoms with Gasteiger partial charge < -0.3 is 14.2 Å². The molecule has 132 valence electrons. The Hall–Kier alpha value is -2.66. The largest absolute Gasteiger partial charge is 0.496 e. The van der Waals surface area contributed by atoms with Gasteiger partial charge in [0.05, 0.1) is 25.3 Å². The Morgan fingerprint density at radius 2 is 1.16 bits per heavy atom. The van der Waals surface area contributed by atoms with Crippen molar-refractivity contribution in [2.45, 2.75) is 13.8 Å². The van der Waals surface area contributed by atoms with Gasteiger partial charge in [0.15, 0.2) is 11.6 Å². The molecule has 2 aromatic rings. The molecule has 0 saturated carbocycles. The molecule has 25 heavy (non-hydrogen) atoms. The summed E-state index contributed by atoms with van der Waals surface area (Å²) in [5.41, 5.74) is 2.87. The van der Waals surface area contributed by atoms with Gasteiger partial charge in [-0.2, -0.15) is 0 Å². The Kier molecular flexibility index (Phi) is 6.31. The minimum Gasteiger partial charge on any atom is -0.496 e. The van der Waals surface area contributed by atoms with Crippen LogP contribution in [0.1, 0.15) is 31.8 Å². The second kappa shape index (κ2) is 8.44. The van der Waals surface area contributed by atoms with Gasteiger partial charge >= 0.3 is 0 Å². The van der Waals surface area contributed by atoms with Crippen molar-refractivity contribution < 1.29 is 23.8 Å². The molecule has 0 fully saturated rings. The van der Waals surface area contributed by atoms with E-state index in [0.29, 0.717) is 22.6 Å². The van der Waals surface area contributed by atoms with Gasteiger partial charge in [-0.3, -0.25) is 9.59 Å². The van der Waals surface area contributed by atoms with Crippen molar-refractivity contribution >= 4 is 11.6 Å². The van der Waals surface area contributed by atoms with Crippen LogP contribution in [0.4, 0.5) is 0 Å². The first-order valence-electron chi connectivity index (χ1n) is 7.89. The second-order valence-electron chi connectivity index (χ2n) is 5.75. The number of carbonyl (C=O) groups is 2. The van der Waals surface area contributed by atoms with Crippen LogP contribution in [0.5, 0.6) is 11.5 Å². The zero-order valence-corrected chi connectivity index (χ0v) is 14.9. The predicted molar refractivity (Wildman–Crippen MR) is 94.9 cm³/mol. The molecule has 0 aliphatic carbocycles. The molecule has 0 heterocycles. The fourth-order valence-corrected chi connectivity index (χ4v) is 2.45. The molecule has 0 N–H and O–H groups in total. The van der Waals surface area contributed by atoms with Crippen LogP contribution in [-0.4, -0.2) is 39.0 Å². The molecule has 0 atom stereocenters. The molecule has 0 aliphatic rings. The standard InChI is InChI=1S/C20H22O5/c1-13-5-7-15(19(9-13)23-3)17(21)11-25-12-18(22)16-8-6-14(2)10-20(16)24-4/h5-10H,11-12H2,1-4H3. The van der Waals surface area contributed by atoms with E-state index >= 15 is 0 Å². The molecule has 0 aromatic heterocycles. The third-order valence-corrected chi connectivity index (χ3v) is 3.78. The summed E-state index contributed by atoms with van der Waals surface area (Å²) in [5.74, 6) is 0.529. The predicted octanol–water partition coefficient (Wildman–Crippen LogP) is 3.40. The summed E-state index contributed by atoms with van der Waals surface area (Å²) < 4.78 is 15.8. The summed E-state index contributed by atoms with van der Waals surface area (Å²) in [7, 11) is 3.03. The molecule has 0 unspecified atom stereocenters. The Labute approximate surface area is 147 Å². The summed E-state index contributed by atoms with van der Waals surface area (Å²) in [5, 5.41) is 0. The average molecular weight is 342 g/mol. The first-order chi connectivity index (χ1) is 12.0. The maximum Gasteiger partial charge on any atom is 0.192 e. The van der Waals surface area contributed by atoms with E-state index in [4.69, 9.17) is 14.2 Å². The van der Waals surface area contributed by atoms with Gasteiger partial charge in [0.25, 0.3) is 0 Å². The second-order valence-corrected chi connectivity index (χ2v) is 5.75. The van der Waals surface area contributed by atoms with E-state index < -0.39 is 0 Å². The van der Waals surface area contributed by atoms with Crippen molar-refractivity contribution in [2.75, 3.05) is 27.4 Å². The lowest BCUT2D eigenvalue weighted by Crippen LogP contribution is -2.16. The van der Waals surface area contributed by atoms with Crippen LogP contribution in [0.2, 0.25) is 0 Å². The monoisotopic (exact) mass is 342 g/mol. The van der Waals surface area contributed by atoms with Gasteiger partial charge in [0.1, 0.15) is 24.7 Å². The molecule has 5 heteroatoms. The molecule has 2 rings (SSSR count). The highest BCUT2D eigenvalue weighted by Crippen LogP contribution is 2.22. The van der Waals surface area contributed by atoms with E-state index in [-0.39, 0.29) is 24.8 Å². The molecule has 0 saturated heterocycles. The zero-order valence-electron chi connectivity index (χ0n) is 14.9. The molecular formula is C20H22O5. The van der Waals surface area contributed by atoms with Gasteiger partial charge in [-0.15, -0.1) is 0 Å². The van der Waals surface area contributed by atoms with Crippen molar-refractivity contribution in [2.24, 2.45) is 0 Å². The number of ketones is 2. The number of methoxy groups -OCH3 is 2. The molecule has 2 aromatic carbocycles. The summed E-state index contributed by atoms with van der Waals surface area (Å²) in [6, 6.07) is 10.6. The molecule has 0 radical (unpaired) electrons. The fourth-order valence-electron chi connectivity index (χ4n) is 2.45. The Balaban J connectivity index is 1.99. The summed E-state index contributed by atoms with van der Waals surface area (Å²) in [4.78, 5) is 24.6. The number of rotatable bonds is 8. The SMILES string of the molecule is COc1cc(C)ccc1C(=O)COCC(=O)c1ccc(C)cc1OC. The van der Waals surface area contributed by atoms with E-state index in [0.717, 1.165) is 11.1 Å². The highest BCUT2D eigenvalue weighted by Gasteiger charge is 2.16. The normalized spacial score (nSPS) is 10.4. The lowest BCUT2D eigenvalue weighted by atomic mass is 10.1. The van der Waals surface area contributed by atoms with Crippen LogP contribution in [0.25, 0.3) is 0 Å². The summed E-state index contributed by atoms with van der Waals surface area (Å²) >= 11 is 0. The van der Waals surface area contributed by atoms with E-state index in [1.54, 1.807) is 24.3 Å². The van der Waals surface area contributed by atoms with Crippen LogP contribution in [-0.2, 0) is 4.74 Å². The number of benzene rings is 2. The lowest BCUT2D eigenvalue weighted by Gasteiger charge is -2.10. The maximum absolute atomic E-state index is 12.3. The first-order valence-corrected chi connectivity index (χ1v) is 7.89. The van der Waals surface area contributed by atoms with E-state index in [1.165, 1.54) is 14.2 Å². The Morgan fingerprint density at radius 1 is 0.760 bits per heavy atom. The number of hydrogen-bond acceptors (Lipinski definition) is 5. The topological polar surface area (TPSA) is 61.8 Å². The van der Waals surface area contributed by atoms with Crippen LogP contribution in [0.3, 0.4) is 0 Å². The minimum atomic E-state index is -0.236. The Morgan fingerprint density at radius 3 is 1.52 bits per heavy atom. The van der Waals surface area contributed by atoms with Gasteiger partial charge in [-0.1, -0.05) is 12.1 Å². The van der Waals surface area contributed by atoms with E-state index in [1.807, 2.05) is 26.0 Å². The van der Waals surface area contributed by atoms with Crippen molar-refractivity contribution in [3.05, 3.63) is 58.7 Å². The molecule has 0 bridgehead atoms. The van der Waals surface area contributed by atoms with Crippen molar-refractivity contribution in [3.63, 3.8) is 0 Å². The van der Waals surface area contributed by atoms with Gasteiger partial charge in [-0.05, 0) is 49.2 Å². The number of carbonyl (C=O) groups excluding carboxylic acids is 2. The van der Waals surface area contributed by atoms with Gasteiger partial charge in [-0.25, -0.2) is 0 Å². The van der Waals surface area contributed by atoms with E-state index in [2.05, 4.69) is 0 Å².